The minimum atomic E-state index is 0.0211. The summed E-state index contributed by atoms with van der Waals surface area (Å²) in [5.74, 6) is 0.256. The molecule has 0 radical (unpaired) electrons. The number of amides is 2. The fraction of sp³-hybridized carbons (Fsp3) is 0.522. The van der Waals surface area contributed by atoms with E-state index in [1.807, 2.05) is 34.2 Å². The molecule has 0 saturated carbocycles. The molecule has 0 unspecified atom stereocenters. The average molecular weight is 410 g/mol. The minimum absolute atomic E-state index is 0.0211. The van der Waals surface area contributed by atoms with E-state index in [9.17, 15) is 9.59 Å². The summed E-state index contributed by atoms with van der Waals surface area (Å²) >= 11 is 0. The lowest BCUT2D eigenvalue weighted by molar-refractivity contribution is -0.132. The molecule has 2 aliphatic rings. The first-order valence-electron chi connectivity index (χ1n) is 11.0. The lowest BCUT2D eigenvalue weighted by Crippen LogP contribution is -2.51. The van der Waals surface area contributed by atoms with Crippen LogP contribution in [-0.4, -0.2) is 82.1 Å². The Balaban J connectivity index is 1.25. The van der Waals surface area contributed by atoms with Crippen molar-refractivity contribution in [3.05, 3.63) is 53.9 Å². The Morgan fingerprint density at radius 2 is 1.53 bits per heavy atom. The van der Waals surface area contributed by atoms with Gasteiger partial charge in [0.2, 0.25) is 5.91 Å². The minimum Gasteiger partial charge on any atom is -0.342 e. The lowest BCUT2D eigenvalue weighted by atomic mass is 10.2. The van der Waals surface area contributed by atoms with Gasteiger partial charge < -0.3 is 9.80 Å². The van der Waals surface area contributed by atoms with Crippen LogP contribution in [0.1, 0.15) is 41.6 Å². The van der Waals surface area contributed by atoms with Crippen LogP contribution in [0.3, 0.4) is 0 Å². The van der Waals surface area contributed by atoms with Gasteiger partial charge in [-0.25, -0.2) is 0 Å². The van der Waals surface area contributed by atoms with E-state index in [0.717, 1.165) is 44.6 Å². The summed E-state index contributed by atoms with van der Waals surface area (Å²) in [6.45, 7) is 5.69. The standard InChI is InChI=1S/C23H31N5O2/c29-22(26-10-6-1-2-7-11-26)19-25-12-14-27(15-13-25)23(30)21-16-24-28(18-21)17-20-8-4-3-5-9-20/h3-5,8-9,16,18H,1-2,6-7,10-15,17,19H2. The van der Waals surface area contributed by atoms with Crippen LogP contribution in [0.2, 0.25) is 0 Å². The summed E-state index contributed by atoms with van der Waals surface area (Å²) in [4.78, 5) is 31.5. The third-order valence-electron chi connectivity index (χ3n) is 6.04. The zero-order chi connectivity index (χ0) is 20.8. The molecular weight excluding hydrogens is 378 g/mol. The van der Waals surface area contributed by atoms with Gasteiger partial charge in [0, 0.05) is 45.5 Å². The van der Waals surface area contributed by atoms with Crippen LogP contribution < -0.4 is 0 Å². The number of hydrogen-bond acceptors (Lipinski definition) is 4. The number of rotatable bonds is 5. The maximum Gasteiger partial charge on any atom is 0.257 e. The number of hydrogen-bond donors (Lipinski definition) is 0. The van der Waals surface area contributed by atoms with E-state index >= 15 is 0 Å². The molecule has 1 aromatic carbocycles. The molecule has 2 aromatic rings. The zero-order valence-corrected chi connectivity index (χ0v) is 17.6. The first-order chi connectivity index (χ1) is 14.7. The predicted molar refractivity (Wildman–Crippen MR) is 115 cm³/mol. The van der Waals surface area contributed by atoms with E-state index in [1.165, 1.54) is 12.8 Å². The smallest absolute Gasteiger partial charge is 0.257 e. The molecule has 7 heteroatoms. The third-order valence-corrected chi connectivity index (χ3v) is 6.04. The molecule has 0 spiro atoms. The van der Waals surface area contributed by atoms with Crippen molar-refractivity contribution in [3.8, 4) is 0 Å². The molecule has 2 aliphatic heterocycles. The Bertz CT molecular complexity index is 834. The van der Waals surface area contributed by atoms with Gasteiger partial charge in [-0.1, -0.05) is 43.2 Å². The molecule has 160 valence electrons. The topological polar surface area (TPSA) is 61.7 Å². The van der Waals surface area contributed by atoms with Crippen LogP contribution in [0.25, 0.3) is 0 Å². The first-order valence-corrected chi connectivity index (χ1v) is 11.0. The van der Waals surface area contributed by atoms with Crippen molar-refractivity contribution in [2.75, 3.05) is 45.8 Å². The quantitative estimate of drug-likeness (QED) is 0.759. The van der Waals surface area contributed by atoms with Crippen molar-refractivity contribution in [3.63, 3.8) is 0 Å². The number of aromatic nitrogens is 2. The van der Waals surface area contributed by atoms with Gasteiger partial charge in [-0.15, -0.1) is 0 Å². The van der Waals surface area contributed by atoms with Gasteiger partial charge in [0.25, 0.3) is 5.91 Å². The largest absolute Gasteiger partial charge is 0.342 e. The number of carbonyl (C=O) groups excluding carboxylic acids is 2. The number of benzene rings is 1. The molecule has 2 saturated heterocycles. The third kappa shape index (κ3) is 5.27. The van der Waals surface area contributed by atoms with Crippen molar-refractivity contribution in [1.29, 1.82) is 0 Å². The number of piperazine rings is 1. The van der Waals surface area contributed by atoms with Gasteiger partial charge in [-0.2, -0.15) is 5.10 Å². The Morgan fingerprint density at radius 3 is 2.23 bits per heavy atom. The maximum absolute atomic E-state index is 12.9. The van der Waals surface area contributed by atoms with Gasteiger partial charge in [-0.05, 0) is 18.4 Å². The Kier molecular flexibility index (Phi) is 6.79. The molecule has 30 heavy (non-hydrogen) atoms. The molecule has 2 amide bonds. The van der Waals surface area contributed by atoms with Crippen molar-refractivity contribution in [2.45, 2.75) is 32.2 Å². The highest BCUT2D eigenvalue weighted by Gasteiger charge is 2.25. The fourth-order valence-corrected chi connectivity index (χ4v) is 4.23. The second kappa shape index (κ2) is 9.89. The molecule has 0 bridgehead atoms. The first kappa shape index (κ1) is 20.6. The van der Waals surface area contributed by atoms with Crippen molar-refractivity contribution in [1.82, 2.24) is 24.5 Å². The summed E-state index contributed by atoms with van der Waals surface area (Å²) in [5, 5.41) is 4.35. The highest BCUT2D eigenvalue weighted by molar-refractivity contribution is 5.93. The number of likely N-dealkylation sites (tertiary alicyclic amines) is 1. The average Bonchev–Trinajstić information content (AvgIpc) is 3.06. The zero-order valence-electron chi connectivity index (χ0n) is 17.6. The van der Waals surface area contributed by atoms with Gasteiger partial charge in [0.05, 0.1) is 24.8 Å². The van der Waals surface area contributed by atoms with Crippen molar-refractivity contribution >= 4 is 11.8 Å². The summed E-state index contributed by atoms with van der Waals surface area (Å²) < 4.78 is 1.80. The predicted octanol–water partition coefficient (Wildman–Crippen LogP) is 2.09. The van der Waals surface area contributed by atoms with Crippen LogP contribution >= 0.6 is 0 Å². The van der Waals surface area contributed by atoms with Crippen LogP contribution in [0.4, 0.5) is 0 Å². The van der Waals surface area contributed by atoms with E-state index in [2.05, 4.69) is 22.1 Å². The van der Waals surface area contributed by atoms with Crippen LogP contribution in [0.15, 0.2) is 42.7 Å². The summed E-state index contributed by atoms with van der Waals surface area (Å²) in [5.41, 5.74) is 1.78. The molecule has 0 N–H and O–H groups in total. The lowest BCUT2D eigenvalue weighted by Gasteiger charge is -2.35. The van der Waals surface area contributed by atoms with Crippen molar-refractivity contribution < 1.29 is 9.59 Å². The van der Waals surface area contributed by atoms with Gasteiger partial charge in [0.15, 0.2) is 0 Å². The molecule has 3 heterocycles. The molecule has 2 fully saturated rings. The Hall–Kier alpha value is -2.67. The van der Waals surface area contributed by atoms with Crippen LogP contribution in [-0.2, 0) is 11.3 Å². The molecule has 1 aromatic heterocycles. The molecule has 0 aliphatic carbocycles. The Labute approximate surface area is 178 Å². The highest BCUT2D eigenvalue weighted by Crippen LogP contribution is 2.12. The van der Waals surface area contributed by atoms with E-state index in [4.69, 9.17) is 0 Å². The van der Waals surface area contributed by atoms with E-state index < -0.39 is 0 Å². The van der Waals surface area contributed by atoms with Crippen LogP contribution in [0, 0.1) is 0 Å². The summed E-state index contributed by atoms with van der Waals surface area (Å²) in [7, 11) is 0. The monoisotopic (exact) mass is 409 g/mol. The molecular formula is C23H31N5O2. The number of nitrogens with zero attached hydrogens (tertiary/aromatic N) is 5. The van der Waals surface area contributed by atoms with E-state index in [1.54, 1.807) is 10.9 Å². The second-order valence-electron chi connectivity index (χ2n) is 8.28. The van der Waals surface area contributed by atoms with E-state index in [0.29, 0.717) is 31.7 Å². The van der Waals surface area contributed by atoms with Gasteiger partial charge in [-0.3, -0.25) is 19.2 Å². The van der Waals surface area contributed by atoms with Crippen LogP contribution in [0.5, 0.6) is 0 Å². The Morgan fingerprint density at radius 1 is 0.833 bits per heavy atom. The van der Waals surface area contributed by atoms with Gasteiger partial charge >= 0.3 is 0 Å². The normalized spacial score (nSPS) is 18.3. The second-order valence-corrected chi connectivity index (χ2v) is 8.28. The summed E-state index contributed by atoms with van der Waals surface area (Å²) in [6.07, 6.45) is 8.17. The highest BCUT2D eigenvalue weighted by atomic mass is 16.2. The van der Waals surface area contributed by atoms with Gasteiger partial charge in [0.1, 0.15) is 0 Å². The SMILES string of the molecule is O=C(CN1CCN(C(=O)c2cnn(Cc3ccccc3)c2)CC1)N1CCCCCC1. The molecule has 4 rings (SSSR count). The molecule has 7 nitrogen and oxygen atoms in total. The molecule has 0 atom stereocenters. The summed E-state index contributed by atoms with van der Waals surface area (Å²) in [6, 6.07) is 10.1. The maximum atomic E-state index is 12.9. The number of carbonyl (C=O) groups is 2. The van der Waals surface area contributed by atoms with Crippen molar-refractivity contribution in [2.24, 2.45) is 0 Å². The fourth-order valence-electron chi connectivity index (χ4n) is 4.23. The van der Waals surface area contributed by atoms with E-state index in [-0.39, 0.29) is 11.8 Å².